The van der Waals surface area contributed by atoms with E-state index in [2.05, 4.69) is 9.97 Å². The van der Waals surface area contributed by atoms with E-state index in [0.29, 0.717) is 5.92 Å². The Labute approximate surface area is 76.2 Å². The van der Waals surface area contributed by atoms with E-state index < -0.39 is 0 Å². The number of hydrogen-bond donors (Lipinski definition) is 2. The quantitative estimate of drug-likeness (QED) is 0.654. The Morgan fingerprint density at radius 2 is 2.38 bits per heavy atom. The molecule has 1 aromatic heterocycles. The van der Waals surface area contributed by atoms with Gasteiger partial charge in [0.25, 0.3) is 0 Å². The number of rotatable bonds is 1. The molecule has 4 heteroatoms. The van der Waals surface area contributed by atoms with Crippen molar-refractivity contribution < 1.29 is 0 Å². The molecule has 1 aliphatic carbocycles. The third kappa shape index (κ3) is 1.62. The van der Waals surface area contributed by atoms with Crippen molar-refractivity contribution in [3.8, 4) is 0 Å². The van der Waals surface area contributed by atoms with E-state index in [9.17, 15) is 4.79 Å². The fraction of sp³-hybridized carbons (Fsp3) is 0.556. The number of H-pyrrole nitrogens is 1. The van der Waals surface area contributed by atoms with Crippen molar-refractivity contribution in [3.05, 3.63) is 28.4 Å². The van der Waals surface area contributed by atoms with Gasteiger partial charge in [0.15, 0.2) is 0 Å². The van der Waals surface area contributed by atoms with Gasteiger partial charge in [-0.3, -0.25) is 0 Å². The van der Waals surface area contributed by atoms with Gasteiger partial charge in [-0.05, 0) is 18.9 Å². The first kappa shape index (κ1) is 8.44. The lowest BCUT2D eigenvalue weighted by atomic mass is 10.0. The van der Waals surface area contributed by atoms with E-state index in [1.54, 1.807) is 6.20 Å². The number of aromatic nitrogens is 2. The first-order chi connectivity index (χ1) is 6.27. The smallest absolute Gasteiger partial charge is 0.327 e. The fourth-order valence-corrected chi connectivity index (χ4v) is 1.97. The Hall–Kier alpha value is -1.16. The van der Waals surface area contributed by atoms with Gasteiger partial charge in [-0.15, -0.1) is 0 Å². The van der Waals surface area contributed by atoms with Crippen LogP contribution in [0.25, 0.3) is 0 Å². The van der Waals surface area contributed by atoms with Crippen LogP contribution in [0.1, 0.15) is 30.9 Å². The topological polar surface area (TPSA) is 71.8 Å². The summed E-state index contributed by atoms with van der Waals surface area (Å²) >= 11 is 0. The maximum absolute atomic E-state index is 10.9. The molecule has 1 aliphatic rings. The molecule has 70 valence electrons. The van der Waals surface area contributed by atoms with Crippen LogP contribution in [0.2, 0.25) is 0 Å². The molecule has 0 amide bonds. The molecule has 1 fully saturated rings. The van der Waals surface area contributed by atoms with Gasteiger partial charge < -0.3 is 10.7 Å². The van der Waals surface area contributed by atoms with Gasteiger partial charge in [-0.25, -0.2) is 9.78 Å². The highest BCUT2D eigenvalue weighted by molar-refractivity contribution is 5.11. The number of nitrogens with one attached hydrogen (secondary N) is 1. The summed E-state index contributed by atoms with van der Waals surface area (Å²) in [7, 11) is 0. The van der Waals surface area contributed by atoms with E-state index in [0.717, 1.165) is 25.0 Å². The minimum absolute atomic E-state index is 0.193. The molecule has 2 unspecified atom stereocenters. The third-order valence-electron chi connectivity index (χ3n) is 2.67. The molecule has 2 rings (SSSR count). The Morgan fingerprint density at radius 3 is 3.00 bits per heavy atom. The van der Waals surface area contributed by atoms with Gasteiger partial charge in [0.05, 0.1) is 0 Å². The van der Waals surface area contributed by atoms with Gasteiger partial charge >= 0.3 is 5.69 Å². The minimum atomic E-state index is -0.281. The highest BCUT2D eigenvalue weighted by atomic mass is 16.1. The average molecular weight is 179 g/mol. The number of nitrogens with two attached hydrogens (primary N) is 1. The van der Waals surface area contributed by atoms with Crippen molar-refractivity contribution in [2.75, 3.05) is 0 Å². The van der Waals surface area contributed by atoms with Crippen LogP contribution in [0.15, 0.2) is 17.1 Å². The van der Waals surface area contributed by atoms with Gasteiger partial charge in [0.2, 0.25) is 0 Å². The summed E-state index contributed by atoms with van der Waals surface area (Å²) in [4.78, 5) is 17.3. The molecule has 0 radical (unpaired) electrons. The zero-order chi connectivity index (χ0) is 9.26. The Morgan fingerprint density at radius 1 is 1.54 bits per heavy atom. The lowest BCUT2D eigenvalue weighted by Crippen LogP contribution is -2.25. The Bertz CT molecular complexity index is 347. The third-order valence-corrected chi connectivity index (χ3v) is 2.67. The molecule has 0 aromatic carbocycles. The lowest BCUT2D eigenvalue weighted by molar-refractivity contribution is 0.594. The van der Waals surface area contributed by atoms with Gasteiger partial charge in [-0.1, -0.05) is 6.42 Å². The van der Waals surface area contributed by atoms with E-state index >= 15 is 0 Å². The van der Waals surface area contributed by atoms with Crippen molar-refractivity contribution in [3.63, 3.8) is 0 Å². The summed E-state index contributed by atoms with van der Waals surface area (Å²) in [5, 5.41) is 0. The molecule has 1 saturated carbocycles. The zero-order valence-corrected chi connectivity index (χ0v) is 7.36. The van der Waals surface area contributed by atoms with Crippen molar-refractivity contribution in [2.24, 2.45) is 5.73 Å². The molecule has 3 N–H and O–H groups in total. The van der Waals surface area contributed by atoms with E-state index in [1.807, 2.05) is 6.07 Å². The second kappa shape index (κ2) is 3.30. The summed E-state index contributed by atoms with van der Waals surface area (Å²) in [6.45, 7) is 0. The maximum atomic E-state index is 10.9. The predicted octanol–water partition coefficient (Wildman–Crippen LogP) is 0.365. The lowest BCUT2D eigenvalue weighted by Gasteiger charge is -2.14. The van der Waals surface area contributed by atoms with E-state index in [1.165, 1.54) is 0 Å². The highest BCUT2D eigenvalue weighted by Crippen LogP contribution is 2.31. The van der Waals surface area contributed by atoms with Crippen molar-refractivity contribution >= 4 is 0 Å². The molecule has 0 saturated heterocycles. The summed E-state index contributed by atoms with van der Waals surface area (Å²) in [5.41, 5.74) is 6.57. The van der Waals surface area contributed by atoms with Crippen LogP contribution in [-0.2, 0) is 0 Å². The van der Waals surface area contributed by atoms with Crippen molar-refractivity contribution in [1.82, 2.24) is 9.97 Å². The van der Waals surface area contributed by atoms with Gasteiger partial charge in [0.1, 0.15) is 0 Å². The van der Waals surface area contributed by atoms with E-state index in [4.69, 9.17) is 5.73 Å². The molecule has 4 nitrogen and oxygen atoms in total. The standard InChI is InChI=1S/C9H13N3O/c10-7-3-1-2-6(7)8-4-5-11-9(13)12-8/h4-7H,1-3,10H2,(H,11,12,13). The monoisotopic (exact) mass is 179 g/mol. The van der Waals surface area contributed by atoms with Crippen LogP contribution in [0.4, 0.5) is 0 Å². The fourth-order valence-electron chi connectivity index (χ4n) is 1.97. The number of nitrogens with zero attached hydrogens (tertiary/aromatic N) is 1. The summed E-state index contributed by atoms with van der Waals surface area (Å²) in [6.07, 6.45) is 4.81. The normalized spacial score (nSPS) is 27.8. The SMILES string of the molecule is NC1CCCC1c1ccnc(=O)[nH]1. The summed E-state index contributed by atoms with van der Waals surface area (Å²) in [6, 6.07) is 2.04. The first-order valence-corrected chi connectivity index (χ1v) is 4.58. The predicted molar refractivity (Wildman–Crippen MR) is 49.4 cm³/mol. The average Bonchev–Trinajstić information content (AvgIpc) is 2.51. The van der Waals surface area contributed by atoms with Crippen LogP contribution < -0.4 is 11.4 Å². The summed E-state index contributed by atoms with van der Waals surface area (Å²) < 4.78 is 0. The molecule has 1 heterocycles. The van der Waals surface area contributed by atoms with Crippen LogP contribution in [0, 0.1) is 0 Å². The maximum Gasteiger partial charge on any atom is 0.345 e. The molecule has 0 bridgehead atoms. The highest BCUT2D eigenvalue weighted by Gasteiger charge is 2.25. The molecular weight excluding hydrogens is 166 g/mol. The second-order valence-electron chi connectivity index (χ2n) is 3.53. The van der Waals surface area contributed by atoms with Crippen LogP contribution in [0.3, 0.4) is 0 Å². The van der Waals surface area contributed by atoms with Gasteiger partial charge in [-0.2, -0.15) is 0 Å². The molecule has 0 spiro atoms. The Balaban J connectivity index is 2.29. The molecular formula is C9H13N3O. The largest absolute Gasteiger partial charge is 0.345 e. The molecule has 2 atom stereocenters. The van der Waals surface area contributed by atoms with Crippen molar-refractivity contribution in [1.29, 1.82) is 0 Å². The zero-order valence-electron chi connectivity index (χ0n) is 7.36. The Kier molecular flexibility index (Phi) is 2.14. The molecule has 1 aromatic rings. The number of hydrogen-bond acceptors (Lipinski definition) is 3. The second-order valence-corrected chi connectivity index (χ2v) is 3.53. The van der Waals surface area contributed by atoms with Crippen LogP contribution >= 0.6 is 0 Å². The number of aromatic amines is 1. The first-order valence-electron chi connectivity index (χ1n) is 4.58. The summed E-state index contributed by atoms with van der Waals surface area (Å²) in [5.74, 6) is 0.315. The van der Waals surface area contributed by atoms with E-state index in [-0.39, 0.29) is 11.7 Å². The molecule has 13 heavy (non-hydrogen) atoms. The van der Waals surface area contributed by atoms with Gasteiger partial charge in [0, 0.05) is 23.9 Å². The van der Waals surface area contributed by atoms with Crippen LogP contribution in [0.5, 0.6) is 0 Å². The van der Waals surface area contributed by atoms with Crippen LogP contribution in [-0.4, -0.2) is 16.0 Å². The van der Waals surface area contributed by atoms with Crippen molar-refractivity contribution in [2.45, 2.75) is 31.2 Å². The minimum Gasteiger partial charge on any atom is -0.327 e. The molecule has 0 aliphatic heterocycles.